The van der Waals surface area contributed by atoms with Crippen LogP contribution in [-0.4, -0.2) is 42.8 Å². The minimum absolute atomic E-state index is 0.0390. The Morgan fingerprint density at radius 1 is 1.19 bits per heavy atom. The summed E-state index contributed by atoms with van der Waals surface area (Å²) in [6, 6.07) is 14.7. The van der Waals surface area contributed by atoms with Crippen LogP contribution in [0, 0.1) is 0 Å². The van der Waals surface area contributed by atoms with Crippen LogP contribution in [0.25, 0.3) is 0 Å². The second-order valence-corrected chi connectivity index (χ2v) is 6.22. The van der Waals surface area contributed by atoms with Gasteiger partial charge in [0.2, 0.25) is 0 Å². The van der Waals surface area contributed by atoms with Gasteiger partial charge in [0.05, 0.1) is 12.2 Å². The van der Waals surface area contributed by atoms with Gasteiger partial charge < -0.3 is 20.1 Å². The Bertz CT molecular complexity index is 806. The molecule has 2 aromatic rings. The molecular formula is C20H22N2O4. The quantitative estimate of drug-likeness (QED) is 0.778. The monoisotopic (exact) mass is 354 g/mol. The van der Waals surface area contributed by atoms with E-state index < -0.39 is 5.97 Å². The number of benzene rings is 2. The lowest BCUT2D eigenvalue weighted by Crippen LogP contribution is -2.38. The van der Waals surface area contributed by atoms with Crippen molar-refractivity contribution >= 4 is 23.3 Å². The predicted octanol–water partition coefficient (Wildman–Crippen LogP) is 2.23. The number of ether oxygens (including phenoxy) is 1. The van der Waals surface area contributed by atoms with Gasteiger partial charge in [0.1, 0.15) is 0 Å². The number of carbonyl (C=O) groups excluding carboxylic acids is 2. The van der Waals surface area contributed by atoms with E-state index in [0.717, 1.165) is 17.7 Å². The summed E-state index contributed by atoms with van der Waals surface area (Å²) in [5, 5.41) is 11.9. The predicted molar refractivity (Wildman–Crippen MR) is 99.4 cm³/mol. The molecule has 1 heterocycles. The molecule has 2 aromatic carbocycles. The Hall–Kier alpha value is -2.86. The third-order valence-corrected chi connectivity index (χ3v) is 4.38. The van der Waals surface area contributed by atoms with Crippen molar-refractivity contribution in [1.29, 1.82) is 0 Å². The zero-order valence-corrected chi connectivity index (χ0v) is 14.6. The minimum Gasteiger partial charge on any atom is -0.452 e. The van der Waals surface area contributed by atoms with E-state index in [2.05, 4.69) is 5.32 Å². The molecule has 1 atom stereocenters. The normalized spacial score (nSPS) is 15.5. The van der Waals surface area contributed by atoms with Crippen LogP contribution in [0.5, 0.6) is 0 Å². The van der Waals surface area contributed by atoms with Crippen LogP contribution in [0.4, 0.5) is 11.4 Å². The molecule has 0 fully saturated rings. The van der Waals surface area contributed by atoms with E-state index in [0.29, 0.717) is 17.8 Å². The lowest BCUT2D eigenvalue weighted by atomic mass is 10.1. The highest BCUT2D eigenvalue weighted by molar-refractivity contribution is 6.00. The average molecular weight is 354 g/mol. The second kappa shape index (κ2) is 8.01. The number of hydrogen-bond donors (Lipinski definition) is 2. The van der Waals surface area contributed by atoms with Crippen molar-refractivity contribution in [3.63, 3.8) is 0 Å². The molecule has 0 aromatic heterocycles. The maximum Gasteiger partial charge on any atom is 0.340 e. The van der Waals surface area contributed by atoms with Gasteiger partial charge in [-0.3, -0.25) is 4.79 Å². The Labute approximate surface area is 152 Å². The molecule has 1 aliphatic heterocycles. The molecule has 0 bridgehead atoms. The molecule has 1 amide bonds. The number of aliphatic hydroxyl groups is 1. The van der Waals surface area contributed by atoms with Crippen LogP contribution in [0.1, 0.15) is 22.8 Å². The molecule has 6 nitrogen and oxygen atoms in total. The first-order chi connectivity index (χ1) is 12.6. The zero-order valence-electron chi connectivity index (χ0n) is 14.6. The lowest BCUT2D eigenvalue weighted by Gasteiger charge is -2.22. The standard InChI is InChI=1S/C20H22N2O4/c1-14-12-15-6-2-5-9-18(15)22(14)19(24)13-26-20(25)16-7-3-4-8-17(16)21-10-11-23/h2-9,14,21,23H,10-13H2,1H3/t14-/m1/s1. The van der Waals surface area contributed by atoms with Gasteiger partial charge in [-0.05, 0) is 37.1 Å². The Morgan fingerprint density at radius 3 is 2.73 bits per heavy atom. The first kappa shape index (κ1) is 17.9. The van der Waals surface area contributed by atoms with Gasteiger partial charge in [0, 0.05) is 24.0 Å². The number of nitrogens with zero attached hydrogens (tertiary/aromatic N) is 1. The highest BCUT2D eigenvalue weighted by atomic mass is 16.5. The van der Waals surface area contributed by atoms with Gasteiger partial charge in [-0.25, -0.2) is 4.79 Å². The number of esters is 1. The molecule has 3 rings (SSSR count). The van der Waals surface area contributed by atoms with Gasteiger partial charge in [-0.2, -0.15) is 0 Å². The first-order valence-electron chi connectivity index (χ1n) is 8.62. The number of aliphatic hydroxyl groups excluding tert-OH is 1. The number of amides is 1. The molecule has 6 heteroatoms. The molecule has 0 unspecified atom stereocenters. The number of hydrogen-bond acceptors (Lipinski definition) is 5. The third-order valence-electron chi connectivity index (χ3n) is 4.38. The topological polar surface area (TPSA) is 78.9 Å². The summed E-state index contributed by atoms with van der Waals surface area (Å²) in [4.78, 5) is 26.7. The van der Waals surface area contributed by atoms with Crippen molar-refractivity contribution in [2.45, 2.75) is 19.4 Å². The van der Waals surface area contributed by atoms with Crippen LogP contribution in [0.15, 0.2) is 48.5 Å². The van der Waals surface area contributed by atoms with Crippen LogP contribution >= 0.6 is 0 Å². The summed E-state index contributed by atoms with van der Waals surface area (Å²) in [6.45, 7) is 1.94. The summed E-state index contributed by atoms with van der Waals surface area (Å²) >= 11 is 0. The van der Waals surface area contributed by atoms with Gasteiger partial charge >= 0.3 is 5.97 Å². The minimum atomic E-state index is -0.570. The Kier molecular flexibility index (Phi) is 5.53. The van der Waals surface area contributed by atoms with Gasteiger partial charge in [-0.1, -0.05) is 30.3 Å². The van der Waals surface area contributed by atoms with E-state index in [1.807, 2.05) is 31.2 Å². The van der Waals surface area contributed by atoms with E-state index in [-0.39, 0.29) is 25.2 Å². The second-order valence-electron chi connectivity index (χ2n) is 6.22. The van der Waals surface area contributed by atoms with Crippen LogP contribution in [0.2, 0.25) is 0 Å². The van der Waals surface area contributed by atoms with E-state index in [9.17, 15) is 9.59 Å². The number of para-hydroxylation sites is 2. The van der Waals surface area contributed by atoms with Crippen molar-refractivity contribution in [3.05, 3.63) is 59.7 Å². The molecule has 0 saturated heterocycles. The van der Waals surface area contributed by atoms with Crippen LogP contribution in [0.3, 0.4) is 0 Å². The fourth-order valence-corrected chi connectivity index (χ4v) is 3.23. The molecule has 136 valence electrons. The first-order valence-corrected chi connectivity index (χ1v) is 8.62. The van der Waals surface area contributed by atoms with Crippen LogP contribution < -0.4 is 10.2 Å². The molecule has 2 N–H and O–H groups in total. The van der Waals surface area contributed by atoms with Gasteiger partial charge in [-0.15, -0.1) is 0 Å². The maximum atomic E-state index is 12.6. The average Bonchev–Trinajstić information content (AvgIpc) is 3.00. The molecule has 26 heavy (non-hydrogen) atoms. The Morgan fingerprint density at radius 2 is 1.92 bits per heavy atom. The molecule has 0 aliphatic carbocycles. The number of rotatable bonds is 6. The number of nitrogens with one attached hydrogen (secondary N) is 1. The van der Waals surface area contributed by atoms with Crippen molar-refractivity contribution < 1.29 is 19.4 Å². The SMILES string of the molecule is C[C@@H]1Cc2ccccc2N1C(=O)COC(=O)c1ccccc1NCCO. The fraction of sp³-hybridized carbons (Fsp3) is 0.300. The summed E-state index contributed by atoms with van der Waals surface area (Å²) in [5.41, 5.74) is 2.91. The lowest BCUT2D eigenvalue weighted by molar-refractivity contribution is -0.122. The van der Waals surface area contributed by atoms with Gasteiger partial charge in [0.15, 0.2) is 6.61 Å². The Balaban J connectivity index is 1.66. The highest BCUT2D eigenvalue weighted by Crippen LogP contribution is 2.31. The summed E-state index contributed by atoms with van der Waals surface area (Å²) in [7, 11) is 0. The summed E-state index contributed by atoms with van der Waals surface area (Å²) in [5.74, 6) is -0.809. The highest BCUT2D eigenvalue weighted by Gasteiger charge is 2.31. The van der Waals surface area contributed by atoms with E-state index in [1.54, 1.807) is 29.2 Å². The number of anilines is 2. The molecule has 0 radical (unpaired) electrons. The summed E-state index contributed by atoms with van der Waals surface area (Å²) < 4.78 is 5.25. The van der Waals surface area contributed by atoms with E-state index in [1.165, 1.54) is 0 Å². The molecular weight excluding hydrogens is 332 g/mol. The molecule has 1 aliphatic rings. The van der Waals surface area contributed by atoms with E-state index >= 15 is 0 Å². The number of carbonyl (C=O) groups is 2. The maximum absolute atomic E-state index is 12.6. The fourth-order valence-electron chi connectivity index (χ4n) is 3.23. The van der Waals surface area contributed by atoms with Gasteiger partial charge in [0.25, 0.3) is 5.91 Å². The zero-order chi connectivity index (χ0) is 18.5. The molecule has 0 saturated carbocycles. The van der Waals surface area contributed by atoms with Crippen molar-refractivity contribution in [2.24, 2.45) is 0 Å². The van der Waals surface area contributed by atoms with Crippen molar-refractivity contribution in [2.75, 3.05) is 30.0 Å². The third kappa shape index (κ3) is 3.70. The van der Waals surface area contributed by atoms with E-state index in [4.69, 9.17) is 9.84 Å². The summed E-state index contributed by atoms with van der Waals surface area (Å²) in [6.07, 6.45) is 0.795. The number of fused-ring (bicyclic) bond motifs is 1. The smallest absolute Gasteiger partial charge is 0.340 e. The largest absolute Gasteiger partial charge is 0.452 e. The molecule has 0 spiro atoms. The van der Waals surface area contributed by atoms with Crippen LogP contribution in [-0.2, 0) is 16.0 Å². The van der Waals surface area contributed by atoms with Crippen molar-refractivity contribution in [3.8, 4) is 0 Å². The van der Waals surface area contributed by atoms with Crippen molar-refractivity contribution in [1.82, 2.24) is 0 Å².